The molecule has 3 aliphatic rings. The molecule has 0 unspecified atom stereocenters. The standard InChI is InChI=1S/C17H31N3O.2ClH/c1-2-9-20-10-6-15(7-11-20)19-16(21)17-8-4-3-5-14(17)12-18-13-17;;/h14-15,18H,2-13H2,1H3,(H,19,21);2*1H/t14-,17+;;/m0../s1. The van der Waals surface area contributed by atoms with E-state index in [0.717, 1.165) is 45.4 Å². The van der Waals surface area contributed by atoms with E-state index in [1.807, 2.05) is 0 Å². The maximum atomic E-state index is 12.9. The van der Waals surface area contributed by atoms with Crippen molar-refractivity contribution in [3.05, 3.63) is 0 Å². The first-order valence-electron chi connectivity index (χ1n) is 8.98. The number of carbonyl (C=O) groups excluding carboxylic acids is 1. The Balaban J connectivity index is 0.00000132. The van der Waals surface area contributed by atoms with Gasteiger partial charge in [-0.1, -0.05) is 19.8 Å². The minimum Gasteiger partial charge on any atom is -0.353 e. The van der Waals surface area contributed by atoms with Gasteiger partial charge in [-0.3, -0.25) is 4.79 Å². The molecule has 3 rings (SSSR count). The van der Waals surface area contributed by atoms with E-state index in [2.05, 4.69) is 22.5 Å². The third-order valence-electron chi connectivity index (χ3n) is 5.95. The summed E-state index contributed by atoms with van der Waals surface area (Å²) in [6.45, 7) is 7.68. The van der Waals surface area contributed by atoms with Gasteiger partial charge in [-0.15, -0.1) is 24.8 Å². The van der Waals surface area contributed by atoms with Gasteiger partial charge >= 0.3 is 0 Å². The zero-order valence-corrected chi connectivity index (χ0v) is 15.9. The fourth-order valence-electron chi connectivity index (χ4n) is 4.64. The van der Waals surface area contributed by atoms with E-state index in [-0.39, 0.29) is 30.2 Å². The van der Waals surface area contributed by atoms with E-state index in [4.69, 9.17) is 0 Å². The fourth-order valence-corrected chi connectivity index (χ4v) is 4.64. The highest BCUT2D eigenvalue weighted by atomic mass is 35.5. The number of hydrogen-bond acceptors (Lipinski definition) is 3. The summed E-state index contributed by atoms with van der Waals surface area (Å²) in [4.78, 5) is 15.4. The highest BCUT2D eigenvalue weighted by molar-refractivity contribution is 5.85. The lowest BCUT2D eigenvalue weighted by atomic mass is 9.67. The van der Waals surface area contributed by atoms with Crippen LogP contribution in [0.15, 0.2) is 0 Å². The molecule has 136 valence electrons. The Morgan fingerprint density at radius 1 is 1.22 bits per heavy atom. The van der Waals surface area contributed by atoms with Gasteiger partial charge in [-0.05, 0) is 51.1 Å². The molecule has 1 amide bonds. The number of likely N-dealkylation sites (tertiary alicyclic amines) is 1. The van der Waals surface area contributed by atoms with Crippen LogP contribution in [-0.2, 0) is 4.79 Å². The molecule has 2 saturated heterocycles. The van der Waals surface area contributed by atoms with Crippen LogP contribution in [-0.4, -0.2) is 49.6 Å². The summed E-state index contributed by atoms with van der Waals surface area (Å²) in [5.74, 6) is 0.928. The van der Waals surface area contributed by atoms with Crippen LogP contribution in [0.5, 0.6) is 0 Å². The van der Waals surface area contributed by atoms with Crippen molar-refractivity contribution in [3.8, 4) is 0 Å². The average molecular weight is 366 g/mol. The van der Waals surface area contributed by atoms with Gasteiger partial charge in [0.25, 0.3) is 0 Å². The van der Waals surface area contributed by atoms with Crippen molar-refractivity contribution in [1.82, 2.24) is 15.5 Å². The number of nitrogens with one attached hydrogen (secondary N) is 2. The maximum absolute atomic E-state index is 12.9. The van der Waals surface area contributed by atoms with Crippen molar-refractivity contribution in [2.45, 2.75) is 57.9 Å². The highest BCUT2D eigenvalue weighted by Crippen LogP contribution is 2.44. The Morgan fingerprint density at radius 3 is 2.65 bits per heavy atom. The molecular formula is C17H33Cl2N3O. The van der Waals surface area contributed by atoms with E-state index >= 15 is 0 Å². The first-order chi connectivity index (χ1) is 10.2. The molecule has 6 heteroatoms. The SMILES string of the molecule is CCCN1CCC(NC(=O)[C@@]23CCCC[C@H]2CNC3)CC1.Cl.Cl. The Morgan fingerprint density at radius 2 is 1.96 bits per heavy atom. The Hall–Kier alpha value is -0.0300. The van der Waals surface area contributed by atoms with Crippen molar-refractivity contribution in [2.24, 2.45) is 11.3 Å². The first kappa shape index (κ1) is 21.0. The summed E-state index contributed by atoms with van der Waals surface area (Å²) in [6.07, 6.45) is 8.32. The lowest BCUT2D eigenvalue weighted by molar-refractivity contribution is -0.135. The average Bonchev–Trinajstić information content (AvgIpc) is 2.95. The Labute approximate surface area is 153 Å². The largest absolute Gasteiger partial charge is 0.353 e. The van der Waals surface area contributed by atoms with Crippen molar-refractivity contribution in [2.75, 3.05) is 32.7 Å². The van der Waals surface area contributed by atoms with Gasteiger partial charge in [0.2, 0.25) is 5.91 Å². The molecule has 3 fully saturated rings. The van der Waals surface area contributed by atoms with Gasteiger partial charge < -0.3 is 15.5 Å². The van der Waals surface area contributed by atoms with Crippen LogP contribution < -0.4 is 10.6 Å². The maximum Gasteiger partial charge on any atom is 0.228 e. The predicted molar refractivity (Wildman–Crippen MR) is 99.7 cm³/mol. The molecule has 2 N–H and O–H groups in total. The van der Waals surface area contributed by atoms with Gasteiger partial charge in [0, 0.05) is 25.7 Å². The highest BCUT2D eigenvalue weighted by Gasteiger charge is 2.50. The lowest BCUT2D eigenvalue weighted by Gasteiger charge is -2.39. The normalized spacial score (nSPS) is 31.6. The van der Waals surface area contributed by atoms with Gasteiger partial charge in [-0.2, -0.15) is 0 Å². The smallest absolute Gasteiger partial charge is 0.228 e. The number of hydrogen-bond donors (Lipinski definition) is 2. The summed E-state index contributed by atoms with van der Waals surface area (Å²) < 4.78 is 0. The zero-order valence-electron chi connectivity index (χ0n) is 14.3. The van der Waals surface area contributed by atoms with Crippen molar-refractivity contribution in [3.63, 3.8) is 0 Å². The summed E-state index contributed by atoms with van der Waals surface area (Å²) in [6, 6.07) is 0.406. The van der Waals surface area contributed by atoms with E-state index in [1.54, 1.807) is 0 Å². The third-order valence-corrected chi connectivity index (χ3v) is 5.95. The minimum absolute atomic E-state index is 0. The summed E-state index contributed by atoms with van der Waals surface area (Å²) >= 11 is 0. The molecular weight excluding hydrogens is 333 g/mol. The van der Waals surface area contributed by atoms with Gasteiger partial charge in [0.15, 0.2) is 0 Å². The van der Waals surface area contributed by atoms with Crippen LogP contribution in [0.4, 0.5) is 0 Å². The number of piperidine rings is 1. The number of nitrogens with zero attached hydrogens (tertiary/aromatic N) is 1. The minimum atomic E-state index is -0.0845. The van der Waals surface area contributed by atoms with Crippen molar-refractivity contribution in [1.29, 1.82) is 0 Å². The third kappa shape index (κ3) is 4.53. The molecule has 0 aromatic carbocycles. The summed E-state index contributed by atoms with van der Waals surface area (Å²) in [5.41, 5.74) is -0.0845. The van der Waals surface area contributed by atoms with Crippen LogP contribution in [0, 0.1) is 11.3 Å². The molecule has 2 heterocycles. The van der Waals surface area contributed by atoms with Gasteiger partial charge in [0.05, 0.1) is 5.41 Å². The molecule has 0 bridgehead atoms. The van der Waals surface area contributed by atoms with Crippen molar-refractivity contribution >= 4 is 30.7 Å². The molecule has 2 aliphatic heterocycles. The topological polar surface area (TPSA) is 44.4 Å². The van der Waals surface area contributed by atoms with Crippen LogP contribution in [0.1, 0.15) is 51.9 Å². The van der Waals surface area contributed by atoms with Crippen molar-refractivity contribution < 1.29 is 4.79 Å². The second-order valence-electron chi connectivity index (χ2n) is 7.32. The molecule has 1 saturated carbocycles. The molecule has 0 spiro atoms. The second-order valence-corrected chi connectivity index (χ2v) is 7.32. The number of carbonyl (C=O) groups is 1. The zero-order chi connectivity index (χ0) is 14.7. The van der Waals surface area contributed by atoms with E-state index in [9.17, 15) is 4.79 Å². The quantitative estimate of drug-likeness (QED) is 0.804. The number of fused-ring (bicyclic) bond motifs is 1. The fraction of sp³-hybridized carbons (Fsp3) is 0.941. The van der Waals surface area contributed by atoms with Crippen LogP contribution >= 0.6 is 24.8 Å². The monoisotopic (exact) mass is 365 g/mol. The Kier molecular flexibility index (Phi) is 8.64. The predicted octanol–water partition coefficient (Wildman–Crippen LogP) is 2.60. The molecule has 1 aliphatic carbocycles. The number of halogens is 2. The Bertz CT molecular complexity index is 375. The molecule has 23 heavy (non-hydrogen) atoms. The van der Waals surface area contributed by atoms with Gasteiger partial charge in [0.1, 0.15) is 0 Å². The molecule has 0 aromatic heterocycles. The lowest BCUT2D eigenvalue weighted by Crippen LogP contribution is -2.53. The summed E-state index contributed by atoms with van der Waals surface area (Å²) in [5, 5.41) is 6.89. The second kappa shape index (κ2) is 9.45. The number of amides is 1. The van der Waals surface area contributed by atoms with E-state index < -0.39 is 0 Å². The molecule has 0 aromatic rings. The van der Waals surface area contributed by atoms with Crippen LogP contribution in [0.2, 0.25) is 0 Å². The van der Waals surface area contributed by atoms with E-state index in [0.29, 0.717) is 17.9 Å². The van der Waals surface area contributed by atoms with Gasteiger partial charge in [-0.25, -0.2) is 0 Å². The van der Waals surface area contributed by atoms with E-state index in [1.165, 1.54) is 32.2 Å². The number of rotatable bonds is 4. The molecule has 2 atom stereocenters. The first-order valence-corrected chi connectivity index (χ1v) is 8.98. The summed E-state index contributed by atoms with van der Waals surface area (Å²) in [7, 11) is 0. The van der Waals surface area contributed by atoms with Crippen LogP contribution in [0.3, 0.4) is 0 Å². The van der Waals surface area contributed by atoms with Crippen LogP contribution in [0.25, 0.3) is 0 Å². The molecule has 0 radical (unpaired) electrons. The molecule has 4 nitrogen and oxygen atoms in total.